The molecule has 0 radical (unpaired) electrons. The van der Waals surface area contributed by atoms with Gasteiger partial charge in [-0.2, -0.15) is 0 Å². The van der Waals surface area contributed by atoms with Gasteiger partial charge in [0.05, 0.1) is 0 Å². The lowest BCUT2D eigenvalue weighted by Crippen LogP contribution is -2.18. The Bertz CT molecular complexity index is 869. The van der Waals surface area contributed by atoms with Crippen LogP contribution in [0.25, 0.3) is 10.8 Å². The molecule has 0 fully saturated rings. The molecule has 3 aromatic rings. The highest BCUT2D eigenvalue weighted by Gasteiger charge is 2.09. The van der Waals surface area contributed by atoms with Gasteiger partial charge in [-0.15, -0.1) is 0 Å². The molecule has 3 rings (SSSR count). The minimum absolute atomic E-state index is 0.238. The first-order valence-corrected chi connectivity index (χ1v) is 7.12. The van der Waals surface area contributed by atoms with Gasteiger partial charge in [0.25, 0.3) is 11.5 Å². The van der Waals surface area contributed by atoms with Crippen molar-refractivity contribution in [2.75, 3.05) is 5.32 Å². The Morgan fingerprint density at radius 1 is 1.05 bits per heavy atom. The van der Waals surface area contributed by atoms with Crippen LogP contribution in [-0.2, 0) is 0 Å². The molecule has 1 amide bonds. The average Bonchev–Trinajstić information content (AvgIpc) is 2.49. The number of pyridine rings is 1. The van der Waals surface area contributed by atoms with Crippen LogP contribution in [0.5, 0.6) is 0 Å². The Labute approximate surface area is 128 Å². The smallest absolute Gasteiger partial charge is 0.272 e. The van der Waals surface area contributed by atoms with Crippen LogP contribution in [0.15, 0.2) is 63.9 Å². The van der Waals surface area contributed by atoms with Crippen molar-refractivity contribution in [2.24, 2.45) is 0 Å². The van der Waals surface area contributed by atoms with Crippen LogP contribution in [0.4, 0.5) is 5.69 Å². The fourth-order valence-electron chi connectivity index (χ4n) is 2.06. The van der Waals surface area contributed by atoms with Crippen LogP contribution in [0.2, 0.25) is 0 Å². The normalized spacial score (nSPS) is 10.5. The van der Waals surface area contributed by atoms with Gasteiger partial charge in [0.1, 0.15) is 5.69 Å². The van der Waals surface area contributed by atoms with E-state index in [2.05, 4.69) is 26.2 Å². The molecule has 0 saturated heterocycles. The van der Waals surface area contributed by atoms with E-state index in [1.54, 1.807) is 36.4 Å². The molecule has 2 N–H and O–H groups in total. The van der Waals surface area contributed by atoms with Crippen LogP contribution in [0.3, 0.4) is 0 Å². The maximum Gasteiger partial charge on any atom is 0.272 e. The number of nitrogens with one attached hydrogen (secondary N) is 2. The van der Waals surface area contributed by atoms with Crippen molar-refractivity contribution in [1.82, 2.24) is 4.98 Å². The lowest BCUT2D eigenvalue weighted by atomic mass is 10.1. The molecule has 0 spiro atoms. The molecule has 2 aromatic carbocycles. The number of H-pyrrole nitrogens is 1. The average molecular weight is 343 g/mol. The number of hydrogen-bond donors (Lipinski definition) is 2. The molecule has 0 aliphatic rings. The van der Waals surface area contributed by atoms with E-state index in [0.717, 1.165) is 9.86 Å². The highest BCUT2D eigenvalue weighted by molar-refractivity contribution is 9.10. The van der Waals surface area contributed by atoms with E-state index in [4.69, 9.17) is 0 Å². The van der Waals surface area contributed by atoms with E-state index in [-0.39, 0.29) is 17.2 Å². The molecule has 0 bridgehead atoms. The van der Waals surface area contributed by atoms with Gasteiger partial charge in [-0.25, -0.2) is 0 Å². The molecule has 1 heterocycles. The van der Waals surface area contributed by atoms with Crippen LogP contribution in [0.1, 0.15) is 10.5 Å². The first-order chi connectivity index (χ1) is 10.1. The van der Waals surface area contributed by atoms with Gasteiger partial charge in [-0.1, -0.05) is 34.1 Å². The number of benzene rings is 2. The molecule has 4 nitrogen and oxygen atoms in total. The third-order valence-corrected chi connectivity index (χ3v) is 3.63. The molecule has 21 heavy (non-hydrogen) atoms. The summed E-state index contributed by atoms with van der Waals surface area (Å²) < 4.78 is 0.930. The summed E-state index contributed by atoms with van der Waals surface area (Å²) in [4.78, 5) is 26.8. The summed E-state index contributed by atoms with van der Waals surface area (Å²) in [6.45, 7) is 0. The Morgan fingerprint density at radius 3 is 2.52 bits per heavy atom. The quantitative estimate of drug-likeness (QED) is 0.748. The van der Waals surface area contributed by atoms with Crippen LogP contribution >= 0.6 is 15.9 Å². The van der Waals surface area contributed by atoms with Crippen molar-refractivity contribution in [2.45, 2.75) is 0 Å². The molecular formula is C16H11BrN2O2. The Balaban J connectivity index is 1.94. The maximum absolute atomic E-state index is 12.2. The lowest BCUT2D eigenvalue weighted by molar-refractivity contribution is 0.102. The summed E-state index contributed by atoms with van der Waals surface area (Å²) in [7, 11) is 0. The second-order valence-electron chi connectivity index (χ2n) is 4.56. The van der Waals surface area contributed by atoms with Gasteiger partial charge in [0.15, 0.2) is 0 Å². The Morgan fingerprint density at radius 2 is 1.76 bits per heavy atom. The summed E-state index contributed by atoms with van der Waals surface area (Å²) in [5, 5.41) is 4.05. The second kappa shape index (κ2) is 5.54. The summed E-state index contributed by atoms with van der Waals surface area (Å²) in [6, 6.07) is 16.0. The third kappa shape index (κ3) is 2.87. The predicted molar refractivity (Wildman–Crippen MR) is 86.7 cm³/mol. The largest absolute Gasteiger partial charge is 0.321 e. The molecule has 0 saturated carbocycles. The molecule has 0 aliphatic carbocycles. The standard InChI is InChI=1S/C16H11BrN2O2/c17-11-5-7-12(8-6-11)18-16(21)14-9-10-3-1-2-4-13(10)15(20)19-14/h1-9H,(H,18,21)(H,19,20). The zero-order chi connectivity index (χ0) is 14.8. The van der Waals surface area contributed by atoms with Gasteiger partial charge >= 0.3 is 0 Å². The number of halogens is 1. The van der Waals surface area contributed by atoms with E-state index < -0.39 is 0 Å². The number of carbonyl (C=O) groups is 1. The van der Waals surface area contributed by atoms with Crippen molar-refractivity contribution in [3.63, 3.8) is 0 Å². The van der Waals surface area contributed by atoms with E-state index in [1.165, 1.54) is 0 Å². The zero-order valence-electron chi connectivity index (χ0n) is 10.9. The molecule has 5 heteroatoms. The molecule has 1 aromatic heterocycles. The number of aromatic amines is 1. The summed E-state index contributed by atoms with van der Waals surface area (Å²) in [5.74, 6) is -0.347. The van der Waals surface area contributed by atoms with E-state index in [0.29, 0.717) is 11.1 Å². The summed E-state index contributed by atoms with van der Waals surface area (Å²) >= 11 is 3.33. The van der Waals surface area contributed by atoms with E-state index >= 15 is 0 Å². The first kappa shape index (κ1) is 13.6. The molecule has 0 atom stereocenters. The predicted octanol–water partition coefficient (Wildman–Crippen LogP) is 3.54. The molecule has 0 unspecified atom stereocenters. The van der Waals surface area contributed by atoms with E-state index in [9.17, 15) is 9.59 Å². The van der Waals surface area contributed by atoms with Crippen molar-refractivity contribution < 1.29 is 4.79 Å². The van der Waals surface area contributed by atoms with Crippen LogP contribution in [0, 0.1) is 0 Å². The summed E-state index contributed by atoms with van der Waals surface area (Å²) in [6.07, 6.45) is 0. The minimum Gasteiger partial charge on any atom is -0.321 e. The Kier molecular flexibility index (Phi) is 3.58. The van der Waals surface area contributed by atoms with Crippen molar-refractivity contribution in [3.05, 3.63) is 75.1 Å². The van der Waals surface area contributed by atoms with Gasteiger partial charge in [-0.3, -0.25) is 9.59 Å². The number of carbonyl (C=O) groups excluding carboxylic acids is 1. The van der Waals surface area contributed by atoms with Gasteiger partial charge in [0, 0.05) is 15.5 Å². The molecule has 0 aliphatic heterocycles. The number of fused-ring (bicyclic) bond motifs is 1. The first-order valence-electron chi connectivity index (χ1n) is 6.32. The molecular weight excluding hydrogens is 332 g/mol. The molecule has 104 valence electrons. The van der Waals surface area contributed by atoms with Crippen molar-refractivity contribution >= 4 is 38.3 Å². The number of anilines is 1. The van der Waals surface area contributed by atoms with Gasteiger partial charge in [0.2, 0.25) is 0 Å². The SMILES string of the molecule is O=C(Nc1ccc(Br)cc1)c1cc2ccccc2c(=O)[nH]1. The number of hydrogen-bond acceptors (Lipinski definition) is 2. The Hall–Kier alpha value is -2.40. The number of amides is 1. The van der Waals surface area contributed by atoms with Gasteiger partial charge < -0.3 is 10.3 Å². The fourth-order valence-corrected chi connectivity index (χ4v) is 2.33. The van der Waals surface area contributed by atoms with E-state index in [1.807, 2.05) is 18.2 Å². The van der Waals surface area contributed by atoms with Crippen LogP contribution < -0.4 is 10.9 Å². The van der Waals surface area contributed by atoms with Crippen molar-refractivity contribution in [3.8, 4) is 0 Å². The topological polar surface area (TPSA) is 62.0 Å². The number of aromatic nitrogens is 1. The monoisotopic (exact) mass is 342 g/mol. The zero-order valence-corrected chi connectivity index (χ0v) is 12.5. The fraction of sp³-hybridized carbons (Fsp3) is 0. The third-order valence-electron chi connectivity index (χ3n) is 3.10. The highest BCUT2D eigenvalue weighted by Crippen LogP contribution is 2.15. The maximum atomic E-state index is 12.2. The van der Waals surface area contributed by atoms with Gasteiger partial charge in [-0.05, 0) is 41.8 Å². The number of rotatable bonds is 2. The van der Waals surface area contributed by atoms with Crippen molar-refractivity contribution in [1.29, 1.82) is 0 Å². The van der Waals surface area contributed by atoms with Crippen LogP contribution in [-0.4, -0.2) is 10.9 Å². The minimum atomic E-state index is -0.347. The second-order valence-corrected chi connectivity index (χ2v) is 5.48. The summed E-state index contributed by atoms with van der Waals surface area (Å²) in [5.41, 5.74) is 0.632. The lowest BCUT2D eigenvalue weighted by Gasteiger charge is -2.06. The highest BCUT2D eigenvalue weighted by atomic mass is 79.9.